The summed E-state index contributed by atoms with van der Waals surface area (Å²) in [7, 11) is 0. The molecular weight excluding hydrogens is 300 g/mol. The van der Waals surface area contributed by atoms with Gasteiger partial charge in [-0.05, 0) is 17.7 Å². The molecule has 126 valence electrons. The van der Waals surface area contributed by atoms with E-state index >= 15 is 0 Å². The van der Waals surface area contributed by atoms with Gasteiger partial charge in [0.2, 0.25) is 0 Å². The Kier molecular flexibility index (Phi) is 4.70. The van der Waals surface area contributed by atoms with Crippen molar-refractivity contribution in [3.05, 3.63) is 53.1 Å². The number of rotatable bonds is 3. The molecule has 1 aliphatic rings. The fourth-order valence-corrected chi connectivity index (χ4v) is 2.94. The number of nitriles is 1. The second-order valence-corrected chi connectivity index (χ2v) is 7.31. The first kappa shape index (κ1) is 16.7. The quantitative estimate of drug-likeness (QED) is 0.942. The number of aromatic nitrogens is 2. The van der Waals surface area contributed by atoms with Crippen LogP contribution in [-0.2, 0) is 16.7 Å². The number of nitrogens with zero attached hydrogens (tertiary/aromatic N) is 3. The van der Waals surface area contributed by atoms with E-state index in [2.05, 4.69) is 47.8 Å². The first-order valence-electron chi connectivity index (χ1n) is 8.33. The van der Waals surface area contributed by atoms with Gasteiger partial charge in [0.1, 0.15) is 5.82 Å². The van der Waals surface area contributed by atoms with Gasteiger partial charge in [0.25, 0.3) is 0 Å². The van der Waals surface area contributed by atoms with Gasteiger partial charge in [0.15, 0.2) is 0 Å². The fraction of sp³-hybridized carbons (Fsp3) is 0.474. The fourth-order valence-electron chi connectivity index (χ4n) is 2.94. The van der Waals surface area contributed by atoms with Crippen molar-refractivity contribution in [2.45, 2.75) is 38.8 Å². The Hall–Kier alpha value is -2.16. The Morgan fingerprint density at radius 3 is 2.96 bits per heavy atom. The molecule has 1 fully saturated rings. The molecule has 1 aromatic carbocycles. The van der Waals surface area contributed by atoms with Gasteiger partial charge in [0, 0.05) is 30.4 Å². The summed E-state index contributed by atoms with van der Waals surface area (Å²) in [5.41, 5.74) is 3.02. The highest BCUT2D eigenvalue weighted by molar-refractivity contribution is 5.32. The van der Waals surface area contributed by atoms with Crippen molar-refractivity contribution < 1.29 is 4.74 Å². The van der Waals surface area contributed by atoms with Crippen LogP contribution in [-0.4, -0.2) is 34.6 Å². The lowest BCUT2D eigenvalue weighted by Crippen LogP contribution is -2.39. The molecule has 2 aromatic rings. The van der Waals surface area contributed by atoms with Gasteiger partial charge < -0.3 is 9.72 Å². The zero-order chi connectivity index (χ0) is 17.2. The van der Waals surface area contributed by atoms with Crippen molar-refractivity contribution in [3.8, 4) is 6.07 Å². The van der Waals surface area contributed by atoms with E-state index in [1.165, 1.54) is 0 Å². The first-order chi connectivity index (χ1) is 11.5. The van der Waals surface area contributed by atoms with E-state index in [1.54, 1.807) is 0 Å². The second kappa shape index (κ2) is 6.76. The van der Waals surface area contributed by atoms with Gasteiger partial charge in [-0.2, -0.15) is 5.26 Å². The van der Waals surface area contributed by atoms with Crippen molar-refractivity contribution >= 4 is 0 Å². The van der Waals surface area contributed by atoms with E-state index in [-0.39, 0.29) is 11.5 Å². The molecule has 5 nitrogen and oxygen atoms in total. The van der Waals surface area contributed by atoms with Crippen LogP contribution in [0.2, 0.25) is 0 Å². The maximum Gasteiger partial charge on any atom is 0.126 e. The molecule has 2 heterocycles. The van der Waals surface area contributed by atoms with Crippen LogP contribution in [0.25, 0.3) is 0 Å². The second-order valence-electron chi connectivity index (χ2n) is 7.31. The Balaban J connectivity index is 1.81. The SMILES string of the molecule is CC(C)(C)c1cnc([C@@H]2COCCN2Cc2cccc(C#N)c2)[nH]1. The molecule has 1 N–H and O–H groups in total. The molecule has 1 aliphatic heterocycles. The molecule has 3 rings (SSSR count). The highest BCUT2D eigenvalue weighted by Crippen LogP contribution is 2.27. The topological polar surface area (TPSA) is 64.9 Å². The van der Waals surface area contributed by atoms with Gasteiger partial charge in [-0.1, -0.05) is 32.9 Å². The molecule has 1 atom stereocenters. The molecule has 1 aromatic heterocycles. The number of H-pyrrole nitrogens is 1. The molecule has 0 bridgehead atoms. The van der Waals surface area contributed by atoms with Gasteiger partial charge in [-0.3, -0.25) is 4.90 Å². The van der Waals surface area contributed by atoms with Gasteiger partial charge in [-0.15, -0.1) is 0 Å². The van der Waals surface area contributed by atoms with Crippen molar-refractivity contribution in [1.82, 2.24) is 14.9 Å². The zero-order valence-electron chi connectivity index (χ0n) is 14.5. The lowest BCUT2D eigenvalue weighted by molar-refractivity contribution is -0.0157. The Morgan fingerprint density at radius 2 is 2.25 bits per heavy atom. The molecule has 1 saturated heterocycles. The van der Waals surface area contributed by atoms with Crippen molar-refractivity contribution in [1.29, 1.82) is 5.26 Å². The van der Waals surface area contributed by atoms with Gasteiger partial charge in [0.05, 0.1) is 30.9 Å². The van der Waals surface area contributed by atoms with E-state index in [4.69, 9.17) is 10.00 Å². The predicted octanol–water partition coefficient (Wildman–Crippen LogP) is 3.15. The van der Waals surface area contributed by atoms with E-state index in [1.807, 2.05) is 24.4 Å². The van der Waals surface area contributed by atoms with Crippen molar-refractivity contribution in [2.24, 2.45) is 0 Å². The monoisotopic (exact) mass is 324 g/mol. The summed E-state index contributed by atoms with van der Waals surface area (Å²) in [6, 6.07) is 10.1. The summed E-state index contributed by atoms with van der Waals surface area (Å²) >= 11 is 0. The molecule has 24 heavy (non-hydrogen) atoms. The minimum Gasteiger partial charge on any atom is -0.378 e. The van der Waals surface area contributed by atoms with E-state index in [9.17, 15) is 0 Å². The molecule has 0 unspecified atom stereocenters. The minimum absolute atomic E-state index is 0.0483. The highest BCUT2D eigenvalue weighted by atomic mass is 16.5. The number of hydrogen-bond donors (Lipinski definition) is 1. The van der Waals surface area contributed by atoms with Crippen molar-refractivity contribution in [2.75, 3.05) is 19.8 Å². The number of hydrogen-bond acceptors (Lipinski definition) is 4. The first-order valence-corrected chi connectivity index (χ1v) is 8.33. The average molecular weight is 324 g/mol. The minimum atomic E-state index is 0.0483. The molecule has 0 aliphatic carbocycles. The van der Waals surface area contributed by atoms with Crippen LogP contribution in [0.3, 0.4) is 0 Å². The zero-order valence-corrected chi connectivity index (χ0v) is 14.5. The van der Waals surface area contributed by atoms with Crippen LogP contribution in [0, 0.1) is 11.3 Å². The van der Waals surface area contributed by atoms with Crippen molar-refractivity contribution in [3.63, 3.8) is 0 Å². The van der Waals surface area contributed by atoms with Gasteiger partial charge >= 0.3 is 0 Å². The molecule has 0 radical (unpaired) electrons. The van der Waals surface area contributed by atoms with Gasteiger partial charge in [-0.25, -0.2) is 4.98 Å². The third-order valence-electron chi connectivity index (χ3n) is 4.40. The number of imidazole rings is 1. The summed E-state index contributed by atoms with van der Waals surface area (Å²) in [5.74, 6) is 0.955. The maximum absolute atomic E-state index is 9.08. The number of aromatic amines is 1. The summed E-state index contributed by atoms with van der Waals surface area (Å²) in [5, 5.41) is 9.08. The van der Waals surface area contributed by atoms with E-state index in [0.29, 0.717) is 12.2 Å². The normalized spacial score (nSPS) is 19.2. The Bertz CT molecular complexity index is 738. The molecule has 0 spiro atoms. The lowest BCUT2D eigenvalue weighted by Gasteiger charge is -2.34. The standard InChI is InChI=1S/C19H24N4O/c1-19(2,3)17-11-21-18(22-17)16-13-24-8-7-23(16)12-15-6-4-5-14(9-15)10-20/h4-6,9,11,16H,7-8,12-13H2,1-3H3,(H,21,22)/t16-/m0/s1. The molecule has 0 amide bonds. The predicted molar refractivity (Wildman–Crippen MR) is 92.4 cm³/mol. The summed E-state index contributed by atoms with van der Waals surface area (Å²) in [6.07, 6.45) is 1.93. The smallest absolute Gasteiger partial charge is 0.126 e. The van der Waals surface area contributed by atoms with Crippen LogP contribution >= 0.6 is 0 Å². The van der Waals surface area contributed by atoms with Crippen LogP contribution in [0.15, 0.2) is 30.5 Å². The number of morpholine rings is 1. The lowest BCUT2D eigenvalue weighted by atomic mass is 9.93. The number of nitrogens with one attached hydrogen (secondary N) is 1. The maximum atomic E-state index is 9.08. The van der Waals surface area contributed by atoms with Crippen LogP contribution in [0.5, 0.6) is 0 Å². The van der Waals surface area contributed by atoms with Crippen LogP contribution in [0.4, 0.5) is 0 Å². The number of benzene rings is 1. The summed E-state index contributed by atoms with van der Waals surface area (Å²) in [6.45, 7) is 9.52. The largest absolute Gasteiger partial charge is 0.378 e. The Labute approximate surface area is 143 Å². The summed E-state index contributed by atoms with van der Waals surface area (Å²) in [4.78, 5) is 10.4. The third kappa shape index (κ3) is 3.66. The highest BCUT2D eigenvalue weighted by Gasteiger charge is 2.28. The Morgan fingerprint density at radius 1 is 1.42 bits per heavy atom. The number of ether oxygens (including phenoxy) is 1. The molecule has 0 saturated carbocycles. The third-order valence-corrected chi connectivity index (χ3v) is 4.40. The average Bonchev–Trinajstić information content (AvgIpc) is 3.06. The molecule has 5 heteroatoms. The van der Waals surface area contributed by atoms with E-state index < -0.39 is 0 Å². The van der Waals surface area contributed by atoms with Crippen LogP contribution in [0.1, 0.15) is 49.5 Å². The molecular formula is C19H24N4O. The summed E-state index contributed by atoms with van der Waals surface area (Å²) < 4.78 is 5.69. The van der Waals surface area contributed by atoms with Crippen LogP contribution < -0.4 is 0 Å². The van der Waals surface area contributed by atoms with E-state index in [0.717, 1.165) is 36.8 Å².